The molecule has 0 heterocycles. The SMILES string of the molecule is CCOC(=O)Cc1c(C(=O)OCC)c(-c2ccccc2)c2ccccc2c1C. The van der Waals surface area contributed by atoms with Gasteiger partial charge in [-0.15, -0.1) is 0 Å². The van der Waals surface area contributed by atoms with E-state index >= 15 is 0 Å². The second kappa shape index (κ2) is 8.70. The van der Waals surface area contributed by atoms with Crippen LogP contribution in [0.15, 0.2) is 54.6 Å². The molecule has 0 aliphatic rings. The molecule has 4 heteroatoms. The van der Waals surface area contributed by atoms with Crippen LogP contribution in [0.5, 0.6) is 0 Å². The molecule has 28 heavy (non-hydrogen) atoms. The first-order valence-electron chi connectivity index (χ1n) is 9.50. The van der Waals surface area contributed by atoms with Crippen molar-refractivity contribution in [2.45, 2.75) is 27.2 Å². The van der Waals surface area contributed by atoms with Crippen molar-refractivity contribution in [1.82, 2.24) is 0 Å². The van der Waals surface area contributed by atoms with E-state index in [1.54, 1.807) is 13.8 Å². The molecule has 3 aromatic rings. The number of esters is 2. The number of benzene rings is 3. The van der Waals surface area contributed by atoms with Gasteiger partial charge in [-0.05, 0) is 48.2 Å². The van der Waals surface area contributed by atoms with E-state index in [2.05, 4.69) is 0 Å². The first-order chi connectivity index (χ1) is 13.6. The number of hydrogen-bond donors (Lipinski definition) is 0. The third kappa shape index (κ3) is 3.77. The molecule has 0 fully saturated rings. The third-order valence-corrected chi connectivity index (χ3v) is 4.77. The van der Waals surface area contributed by atoms with Crippen molar-refractivity contribution in [2.24, 2.45) is 0 Å². The molecule has 144 valence electrons. The molecule has 0 aromatic heterocycles. The van der Waals surface area contributed by atoms with E-state index in [1.807, 2.05) is 61.5 Å². The summed E-state index contributed by atoms with van der Waals surface area (Å²) in [5.74, 6) is -0.778. The van der Waals surface area contributed by atoms with Crippen molar-refractivity contribution in [3.63, 3.8) is 0 Å². The minimum atomic E-state index is -0.422. The molecule has 0 saturated heterocycles. The molecule has 0 saturated carbocycles. The fourth-order valence-corrected chi connectivity index (χ4v) is 3.57. The molecule has 0 bridgehead atoms. The van der Waals surface area contributed by atoms with Gasteiger partial charge in [-0.1, -0.05) is 54.6 Å². The van der Waals surface area contributed by atoms with E-state index < -0.39 is 5.97 Å². The molecule has 0 aliphatic heterocycles. The molecule has 0 atom stereocenters. The molecule has 3 aromatic carbocycles. The van der Waals surface area contributed by atoms with Gasteiger partial charge in [0.05, 0.1) is 25.2 Å². The van der Waals surface area contributed by atoms with Gasteiger partial charge in [0.2, 0.25) is 0 Å². The van der Waals surface area contributed by atoms with Crippen LogP contribution in [-0.2, 0) is 20.7 Å². The van der Waals surface area contributed by atoms with Crippen LogP contribution in [0.3, 0.4) is 0 Å². The molecule has 0 N–H and O–H groups in total. The Kier molecular flexibility index (Phi) is 6.09. The van der Waals surface area contributed by atoms with Gasteiger partial charge in [0.25, 0.3) is 0 Å². The highest BCUT2D eigenvalue weighted by Gasteiger charge is 2.25. The van der Waals surface area contributed by atoms with Gasteiger partial charge < -0.3 is 9.47 Å². The Bertz CT molecular complexity index is 1010. The number of ether oxygens (including phenoxy) is 2. The van der Waals surface area contributed by atoms with E-state index in [-0.39, 0.29) is 19.0 Å². The number of carbonyl (C=O) groups excluding carboxylic acids is 2. The lowest BCUT2D eigenvalue weighted by Gasteiger charge is -2.20. The van der Waals surface area contributed by atoms with Crippen LogP contribution in [0.2, 0.25) is 0 Å². The van der Waals surface area contributed by atoms with E-state index in [4.69, 9.17) is 9.47 Å². The van der Waals surface area contributed by atoms with Crippen LogP contribution in [-0.4, -0.2) is 25.2 Å². The van der Waals surface area contributed by atoms with Gasteiger partial charge in [0, 0.05) is 5.56 Å². The Morgan fingerprint density at radius 1 is 0.821 bits per heavy atom. The normalized spacial score (nSPS) is 10.7. The second-order valence-corrected chi connectivity index (χ2v) is 6.47. The second-order valence-electron chi connectivity index (χ2n) is 6.47. The summed E-state index contributed by atoms with van der Waals surface area (Å²) in [6, 6.07) is 17.7. The van der Waals surface area contributed by atoms with Crippen molar-refractivity contribution < 1.29 is 19.1 Å². The highest BCUT2D eigenvalue weighted by Crippen LogP contribution is 2.38. The summed E-state index contributed by atoms with van der Waals surface area (Å²) < 4.78 is 10.5. The maximum absolute atomic E-state index is 13.0. The zero-order valence-electron chi connectivity index (χ0n) is 16.5. The number of aryl methyl sites for hydroxylation is 1. The molecule has 4 nitrogen and oxygen atoms in total. The van der Waals surface area contributed by atoms with Gasteiger partial charge in [-0.3, -0.25) is 4.79 Å². The Labute approximate surface area is 165 Å². The number of rotatable bonds is 6. The maximum atomic E-state index is 13.0. The average Bonchev–Trinajstić information content (AvgIpc) is 2.71. The average molecular weight is 376 g/mol. The summed E-state index contributed by atoms with van der Waals surface area (Å²) in [5, 5.41) is 1.97. The van der Waals surface area contributed by atoms with Gasteiger partial charge in [-0.2, -0.15) is 0 Å². The first kappa shape index (κ1) is 19.6. The molecule has 0 radical (unpaired) electrons. The van der Waals surface area contributed by atoms with E-state index in [0.29, 0.717) is 17.7 Å². The van der Waals surface area contributed by atoms with E-state index in [9.17, 15) is 9.59 Å². The summed E-state index contributed by atoms with van der Waals surface area (Å²) in [4.78, 5) is 25.3. The highest BCUT2D eigenvalue weighted by atomic mass is 16.5. The number of hydrogen-bond acceptors (Lipinski definition) is 4. The molecule has 0 spiro atoms. The monoisotopic (exact) mass is 376 g/mol. The molecule has 0 unspecified atom stereocenters. The van der Waals surface area contributed by atoms with Gasteiger partial charge in [-0.25, -0.2) is 4.79 Å². The van der Waals surface area contributed by atoms with Gasteiger partial charge in [0.15, 0.2) is 0 Å². The van der Waals surface area contributed by atoms with Crippen molar-refractivity contribution in [3.8, 4) is 11.1 Å². The predicted octanol–water partition coefficient (Wildman–Crippen LogP) is 5.10. The molecular weight excluding hydrogens is 352 g/mol. The van der Waals surface area contributed by atoms with Crippen molar-refractivity contribution >= 4 is 22.7 Å². The summed E-state index contributed by atoms with van der Waals surface area (Å²) in [6.45, 7) is 6.05. The van der Waals surface area contributed by atoms with Gasteiger partial charge in [0.1, 0.15) is 0 Å². The van der Waals surface area contributed by atoms with Crippen LogP contribution in [0.1, 0.15) is 35.3 Å². The topological polar surface area (TPSA) is 52.6 Å². The van der Waals surface area contributed by atoms with Crippen LogP contribution in [0, 0.1) is 6.92 Å². The lowest BCUT2D eigenvalue weighted by atomic mass is 9.85. The predicted molar refractivity (Wildman–Crippen MR) is 110 cm³/mol. The quantitative estimate of drug-likeness (QED) is 0.562. The van der Waals surface area contributed by atoms with Crippen molar-refractivity contribution in [3.05, 3.63) is 71.3 Å². The lowest BCUT2D eigenvalue weighted by Crippen LogP contribution is -2.16. The summed E-state index contributed by atoms with van der Waals surface area (Å²) in [6.07, 6.45) is 0.0263. The standard InChI is InChI=1S/C24H24O4/c1-4-27-21(25)15-20-16(3)18-13-9-10-14-19(18)22(17-11-7-6-8-12-17)23(20)24(26)28-5-2/h6-14H,4-5,15H2,1-3H3. The Morgan fingerprint density at radius 3 is 2.07 bits per heavy atom. The van der Waals surface area contributed by atoms with Gasteiger partial charge >= 0.3 is 11.9 Å². The fraction of sp³-hybridized carbons (Fsp3) is 0.250. The van der Waals surface area contributed by atoms with Crippen molar-refractivity contribution in [2.75, 3.05) is 13.2 Å². The zero-order chi connectivity index (χ0) is 20.1. The molecule has 0 aliphatic carbocycles. The first-order valence-corrected chi connectivity index (χ1v) is 9.50. The van der Waals surface area contributed by atoms with Crippen LogP contribution >= 0.6 is 0 Å². The van der Waals surface area contributed by atoms with E-state index in [0.717, 1.165) is 27.5 Å². The van der Waals surface area contributed by atoms with Crippen LogP contribution < -0.4 is 0 Å². The maximum Gasteiger partial charge on any atom is 0.339 e. The number of fused-ring (bicyclic) bond motifs is 1. The smallest absolute Gasteiger partial charge is 0.339 e. The minimum Gasteiger partial charge on any atom is -0.466 e. The summed E-state index contributed by atoms with van der Waals surface area (Å²) >= 11 is 0. The Hall–Kier alpha value is -3.14. The molecular formula is C24H24O4. The van der Waals surface area contributed by atoms with Crippen LogP contribution in [0.4, 0.5) is 0 Å². The molecule has 0 amide bonds. The minimum absolute atomic E-state index is 0.0263. The lowest BCUT2D eigenvalue weighted by molar-refractivity contribution is -0.142. The zero-order valence-corrected chi connectivity index (χ0v) is 16.5. The molecule has 3 rings (SSSR count). The van der Waals surface area contributed by atoms with Crippen LogP contribution in [0.25, 0.3) is 21.9 Å². The third-order valence-electron chi connectivity index (χ3n) is 4.77. The number of carbonyl (C=O) groups is 2. The highest BCUT2D eigenvalue weighted by molar-refractivity contribution is 6.11. The Balaban J connectivity index is 2.39. The Morgan fingerprint density at radius 2 is 1.43 bits per heavy atom. The van der Waals surface area contributed by atoms with Crippen molar-refractivity contribution in [1.29, 1.82) is 0 Å². The van der Waals surface area contributed by atoms with E-state index in [1.165, 1.54) is 0 Å². The summed E-state index contributed by atoms with van der Waals surface area (Å²) in [7, 11) is 0. The summed E-state index contributed by atoms with van der Waals surface area (Å²) in [5.41, 5.74) is 3.70. The fourth-order valence-electron chi connectivity index (χ4n) is 3.57. The largest absolute Gasteiger partial charge is 0.466 e.